The van der Waals surface area contributed by atoms with Crippen molar-refractivity contribution < 1.29 is 18.7 Å². The predicted molar refractivity (Wildman–Crippen MR) is 99.9 cm³/mol. The lowest BCUT2D eigenvalue weighted by atomic mass is 10.2. The van der Waals surface area contributed by atoms with Crippen molar-refractivity contribution in [3.63, 3.8) is 0 Å². The van der Waals surface area contributed by atoms with Crippen LogP contribution in [0.2, 0.25) is 0 Å². The van der Waals surface area contributed by atoms with Gasteiger partial charge in [-0.05, 0) is 48.7 Å². The number of hydrogen-bond donors (Lipinski definition) is 0. The molecule has 0 saturated carbocycles. The molecule has 1 heterocycles. The van der Waals surface area contributed by atoms with E-state index in [0.29, 0.717) is 20.6 Å². The van der Waals surface area contributed by atoms with Crippen molar-refractivity contribution in [2.75, 3.05) is 13.4 Å². The number of fused-ring (bicyclic) bond motifs is 1. The van der Waals surface area contributed by atoms with Crippen molar-refractivity contribution >= 4 is 45.2 Å². The number of rotatable bonds is 4. The molecule has 134 valence electrons. The van der Waals surface area contributed by atoms with Gasteiger partial charge in [0.1, 0.15) is 12.4 Å². The molecule has 0 aliphatic carbocycles. The molecule has 1 amide bonds. The van der Waals surface area contributed by atoms with Crippen LogP contribution in [0.4, 0.5) is 4.39 Å². The highest BCUT2D eigenvalue weighted by Gasteiger charge is 2.13. The Morgan fingerprint density at radius 2 is 1.96 bits per heavy atom. The third-order valence-corrected chi connectivity index (χ3v) is 5.48. The Labute approximate surface area is 157 Å². The molecule has 0 fully saturated rings. The average molecular weight is 390 g/mol. The van der Waals surface area contributed by atoms with Gasteiger partial charge in [-0.2, -0.15) is 4.99 Å². The molecule has 0 atom stereocenters. The molecule has 8 heteroatoms. The highest BCUT2D eigenvalue weighted by atomic mass is 32.2. The molecular formula is C18H15FN2O3S2. The van der Waals surface area contributed by atoms with Gasteiger partial charge in [-0.15, -0.1) is 11.8 Å². The molecule has 0 aliphatic heterocycles. The minimum absolute atomic E-state index is 0.111. The second-order valence-corrected chi connectivity index (χ2v) is 7.19. The molecule has 1 aromatic heterocycles. The number of esters is 1. The van der Waals surface area contributed by atoms with E-state index in [4.69, 9.17) is 4.74 Å². The van der Waals surface area contributed by atoms with Crippen molar-refractivity contribution in [1.29, 1.82) is 0 Å². The van der Waals surface area contributed by atoms with E-state index in [1.165, 1.54) is 19.2 Å². The second-order valence-electron chi connectivity index (χ2n) is 5.30. The lowest BCUT2D eigenvalue weighted by Crippen LogP contribution is -2.22. The van der Waals surface area contributed by atoms with Gasteiger partial charge in [-0.1, -0.05) is 11.3 Å². The Morgan fingerprint density at radius 1 is 1.23 bits per heavy atom. The quantitative estimate of drug-likeness (QED) is 0.506. The van der Waals surface area contributed by atoms with Gasteiger partial charge in [0.25, 0.3) is 5.91 Å². The first-order valence-electron chi connectivity index (χ1n) is 7.60. The lowest BCUT2D eigenvalue weighted by Gasteiger charge is -2.03. The van der Waals surface area contributed by atoms with E-state index >= 15 is 0 Å². The van der Waals surface area contributed by atoms with Crippen molar-refractivity contribution in [3.8, 4) is 0 Å². The van der Waals surface area contributed by atoms with Gasteiger partial charge in [0.15, 0.2) is 4.80 Å². The topological polar surface area (TPSA) is 60.7 Å². The van der Waals surface area contributed by atoms with E-state index in [9.17, 15) is 14.0 Å². The van der Waals surface area contributed by atoms with Crippen molar-refractivity contribution in [1.82, 2.24) is 4.57 Å². The molecule has 0 saturated heterocycles. The first-order chi connectivity index (χ1) is 12.5. The number of aromatic nitrogens is 1. The van der Waals surface area contributed by atoms with Crippen LogP contribution in [-0.2, 0) is 16.1 Å². The van der Waals surface area contributed by atoms with E-state index in [-0.39, 0.29) is 6.54 Å². The normalized spacial score (nSPS) is 11.7. The van der Waals surface area contributed by atoms with Crippen LogP contribution in [0.25, 0.3) is 10.2 Å². The van der Waals surface area contributed by atoms with Gasteiger partial charge in [0, 0.05) is 10.5 Å². The fraction of sp³-hybridized carbons (Fsp3) is 0.167. The maximum atomic E-state index is 13.5. The first-order valence-corrected chi connectivity index (χ1v) is 9.65. The second kappa shape index (κ2) is 7.84. The maximum absolute atomic E-state index is 13.5. The van der Waals surface area contributed by atoms with E-state index in [1.54, 1.807) is 34.5 Å². The zero-order chi connectivity index (χ0) is 18.7. The van der Waals surface area contributed by atoms with Crippen LogP contribution in [0.1, 0.15) is 10.4 Å². The molecule has 3 rings (SSSR count). The van der Waals surface area contributed by atoms with Crippen LogP contribution in [0, 0.1) is 5.82 Å². The molecule has 0 unspecified atom stereocenters. The van der Waals surface area contributed by atoms with Gasteiger partial charge in [-0.25, -0.2) is 4.39 Å². The summed E-state index contributed by atoms with van der Waals surface area (Å²) >= 11 is 2.72. The molecular weight excluding hydrogens is 375 g/mol. The number of methoxy groups -OCH3 is 1. The summed E-state index contributed by atoms with van der Waals surface area (Å²) in [6, 6.07) is 11.3. The number of nitrogens with zero attached hydrogens (tertiary/aromatic N) is 2. The summed E-state index contributed by atoms with van der Waals surface area (Å²) in [6.07, 6.45) is 1.95. The monoisotopic (exact) mass is 390 g/mol. The van der Waals surface area contributed by atoms with Gasteiger partial charge < -0.3 is 9.30 Å². The Bertz CT molecular complexity index is 1040. The average Bonchev–Trinajstić information content (AvgIpc) is 2.97. The van der Waals surface area contributed by atoms with Crippen LogP contribution in [0.5, 0.6) is 0 Å². The Hall–Kier alpha value is -2.45. The third-order valence-electron chi connectivity index (χ3n) is 3.69. The number of benzene rings is 2. The molecule has 0 bridgehead atoms. The summed E-state index contributed by atoms with van der Waals surface area (Å²) in [7, 11) is 1.28. The molecule has 26 heavy (non-hydrogen) atoms. The van der Waals surface area contributed by atoms with E-state index in [2.05, 4.69) is 4.99 Å². The number of carbonyl (C=O) groups excluding carboxylic acids is 2. The summed E-state index contributed by atoms with van der Waals surface area (Å²) in [5.74, 6) is -1.30. The molecule has 0 N–H and O–H groups in total. The number of halogens is 1. The van der Waals surface area contributed by atoms with Gasteiger partial charge in [0.05, 0.1) is 17.3 Å². The number of amides is 1. The minimum Gasteiger partial charge on any atom is -0.468 e. The smallest absolute Gasteiger partial charge is 0.325 e. The summed E-state index contributed by atoms with van der Waals surface area (Å²) in [4.78, 5) is 29.7. The van der Waals surface area contributed by atoms with Crippen molar-refractivity contribution in [2.24, 2.45) is 4.99 Å². The predicted octanol–water partition coefficient (Wildman–Crippen LogP) is 3.48. The maximum Gasteiger partial charge on any atom is 0.325 e. The third kappa shape index (κ3) is 3.86. The molecule has 0 aliphatic rings. The van der Waals surface area contributed by atoms with E-state index in [1.807, 2.05) is 18.4 Å². The van der Waals surface area contributed by atoms with Crippen LogP contribution >= 0.6 is 23.1 Å². The fourth-order valence-electron chi connectivity index (χ4n) is 2.36. The van der Waals surface area contributed by atoms with Crippen molar-refractivity contribution in [2.45, 2.75) is 11.4 Å². The molecule has 5 nitrogen and oxygen atoms in total. The number of carbonyl (C=O) groups is 2. The number of hydrogen-bond acceptors (Lipinski definition) is 5. The zero-order valence-electron chi connectivity index (χ0n) is 14.1. The number of thiazole rings is 1. The highest BCUT2D eigenvalue weighted by molar-refractivity contribution is 7.98. The summed E-state index contributed by atoms with van der Waals surface area (Å²) in [5, 5.41) is 0. The molecule has 0 radical (unpaired) electrons. The lowest BCUT2D eigenvalue weighted by molar-refractivity contribution is -0.141. The van der Waals surface area contributed by atoms with E-state index < -0.39 is 17.7 Å². The largest absolute Gasteiger partial charge is 0.468 e. The first kappa shape index (κ1) is 18.3. The van der Waals surface area contributed by atoms with Crippen LogP contribution < -0.4 is 4.80 Å². The number of ether oxygens (including phenoxy) is 1. The van der Waals surface area contributed by atoms with Crippen LogP contribution in [0.15, 0.2) is 52.4 Å². The Balaban J connectivity index is 2.09. The van der Waals surface area contributed by atoms with Gasteiger partial charge >= 0.3 is 5.97 Å². The number of thioether (sulfide) groups is 1. The molecule has 0 spiro atoms. The highest BCUT2D eigenvalue weighted by Crippen LogP contribution is 2.19. The van der Waals surface area contributed by atoms with Crippen LogP contribution in [0.3, 0.4) is 0 Å². The zero-order valence-corrected chi connectivity index (χ0v) is 15.7. The summed E-state index contributed by atoms with van der Waals surface area (Å²) in [5.41, 5.74) is 1.06. The fourth-order valence-corrected chi connectivity index (χ4v) is 3.82. The Morgan fingerprint density at radius 3 is 2.62 bits per heavy atom. The SMILES string of the molecule is COC(=O)Cn1c(=NC(=O)c2ccc(SC)cc2)sc2cc(F)ccc21. The minimum atomic E-state index is -0.479. The van der Waals surface area contributed by atoms with E-state index in [0.717, 1.165) is 16.2 Å². The summed E-state index contributed by atoms with van der Waals surface area (Å²) < 4.78 is 20.4. The standard InChI is InChI=1S/C18H15FN2O3S2/c1-24-16(22)10-21-14-8-5-12(19)9-15(14)26-18(21)20-17(23)11-3-6-13(25-2)7-4-11/h3-9H,10H2,1-2H3. The van der Waals surface area contributed by atoms with Crippen molar-refractivity contribution in [3.05, 3.63) is 58.6 Å². The summed E-state index contributed by atoms with van der Waals surface area (Å²) in [6.45, 7) is -0.111. The van der Waals surface area contributed by atoms with Crippen LogP contribution in [-0.4, -0.2) is 29.8 Å². The Kier molecular flexibility index (Phi) is 5.53. The van der Waals surface area contributed by atoms with Gasteiger partial charge in [0.2, 0.25) is 0 Å². The molecule has 3 aromatic rings. The van der Waals surface area contributed by atoms with Gasteiger partial charge in [-0.3, -0.25) is 9.59 Å². The molecule has 2 aromatic carbocycles.